The van der Waals surface area contributed by atoms with Gasteiger partial charge in [0.05, 0.1) is 30.4 Å². The molecule has 3 rings (SSSR count). The van der Waals surface area contributed by atoms with Gasteiger partial charge in [-0.2, -0.15) is 0 Å². The molecule has 1 aliphatic heterocycles. The van der Waals surface area contributed by atoms with Crippen LogP contribution in [0.3, 0.4) is 0 Å². The van der Waals surface area contributed by atoms with Crippen LogP contribution in [0.5, 0.6) is 5.75 Å². The quantitative estimate of drug-likeness (QED) is 0.529. The number of hydrogen-bond acceptors (Lipinski definition) is 5. The van der Waals surface area contributed by atoms with Crippen molar-refractivity contribution in [2.75, 3.05) is 32.1 Å². The summed E-state index contributed by atoms with van der Waals surface area (Å²) < 4.78 is 6.48. The third-order valence-electron chi connectivity index (χ3n) is 7.14. The van der Waals surface area contributed by atoms with Gasteiger partial charge < -0.3 is 30.3 Å². The van der Waals surface area contributed by atoms with Crippen LogP contribution in [0.2, 0.25) is 0 Å². The van der Waals surface area contributed by atoms with Gasteiger partial charge in [-0.3, -0.25) is 9.59 Å². The molecule has 0 unspecified atom stereocenters. The van der Waals surface area contributed by atoms with Crippen molar-refractivity contribution in [2.45, 2.75) is 78.0 Å². The second kappa shape index (κ2) is 12.4. The second-order valence-corrected chi connectivity index (χ2v) is 10.6. The number of fused-ring (bicyclic) bond motifs is 1. The molecule has 9 nitrogen and oxygen atoms in total. The number of nitrogens with one attached hydrogen (secondary N) is 2. The molecule has 3 atom stereocenters. The summed E-state index contributed by atoms with van der Waals surface area (Å²) >= 11 is 0. The third kappa shape index (κ3) is 6.69. The fourth-order valence-electron chi connectivity index (χ4n) is 4.87. The highest BCUT2D eigenvalue weighted by atomic mass is 16.5. The first-order chi connectivity index (χ1) is 17.1. The number of aliphatic hydroxyl groups excluding tert-OH is 1. The lowest BCUT2D eigenvalue weighted by Gasteiger charge is -2.38. The second-order valence-electron chi connectivity index (χ2n) is 10.6. The van der Waals surface area contributed by atoms with Crippen molar-refractivity contribution in [2.24, 2.45) is 11.8 Å². The molecule has 4 amide bonds. The molecule has 200 valence electrons. The number of likely N-dealkylation sites (N-methyl/N-ethyl adjacent to an activating group) is 1. The molecular weight excluding hydrogens is 460 g/mol. The monoisotopic (exact) mass is 502 g/mol. The number of benzene rings is 1. The van der Waals surface area contributed by atoms with Crippen molar-refractivity contribution >= 4 is 23.5 Å². The van der Waals surface area contributed by atoms with Crippen molar-refractivity contribution in [3.05, 3.63) is 23.8 Å². The van der Waals surface area contributed by atoms with Gasteiger partial charge in [0.2, 0.25) is 5.91 Å². The fraction of sp³-hybridized carbons (Fsp3) is 0.667. The minimum atomic E-state index is -0.444. The molecule has 1 aliphatic carbocycles. The number of hydrogen-bond donors (Lipinski definition) is 3. The van der Waals surface area contributed by atoms with Crippen LogP contribution in [0, 0.1) is 11.8 Å². The highest BCUT2D eigenvalue weighted by Crippen LogP contribution is 2.36. The first-order valence-corrected chi connectivity index (χ1v) is 13.2. The Kier molecular flexibility index (Phi) is 9.59. The van der Waals surface area contributed by atoms with Gasteiger partial charge in [-0.1, -0.05) is 32.3 Å². The maximum absolute atomic E-state index is 13.6. The van der Waals surface area contributed by atoms with Gasteiger partial charge in [-0.25, -0.2) is 4.79 Å². The molecule has 1 aromatic rings. The van der Waals surface area contributed by atoms with E-state index in [1.807, 2.05) is 20.8 Å². The molecule has 0 bridgehead atoms. The van der Waals surface area contributed by atoms with E-state index in [9.17, 15) is 19.5 Å². The summed E-state index contributed by atoms with van der Waals surface area (Å²) in [5, 5.41) is 15.8. The molecule has 1 aromatic carbocycles. The lowest BCUT2D eigenvalue weighted by atomic mass is 9.88. The van der Waals surface area contributed by atoms with Crippen LogP contribution in [-0.2, 0) is 4.79 Å². The molecule has 1 heterocycles. The van der Waals surface area contributed by atoms with E-state index in [0.29, 0.717) is 30.1 Å². The van der Waals surface area contributed by atoms with Crippen molar-refractivity contribution < 1.29 is 24.2 Å². The predicted molar refractivity (Wildman–Crippen MR) is 139 cm³/mol. The molecule has 0 saturated heterocycles. The number of rotatable bonds is 7. The lowest BCUT2D eigenvalue weighted by molar-refractivity contribution is -0.120. The molecule has 0 radical (unpaired) electrons. The van der Waals surface area contributed by atoms with Crippen LogP contribution >= 0.6 is 0 Å². The molecule has 1 fully saturated rings. The number of amides is 4. The zero-order chi connectivity index (χ0) is 26.4. The molecule has 0 spiro atoms. The molecule has 3 N–H and O–H groups in total. The Morgan fingerprint density at radius 3 is 2.53 bits per heavy atom. The van der Waals surface area contributed by atoms with E-state index in [-0.39, 0.29) is 42.3 Å². The summed E-state index contributed by atoms with van der Waals surface area (Å²) in [4.78, 5) is 42.5. The number of carbonyl (C=O) groups excluding carboxylic acids is 3. The highest BCUT2D eigenvalue weighted by Gasteiger charge is 2.35. The zero-order valence-corrected chi connectivity index (χ0v) is 22.3. The maximum atomic E-state index is 13.6. The molecule has 0 aromatic heterocycles. The largest absolute Gasteiger partial charge is 0.485 e. The number of anilines is 1. The average Bonchev–Trinajstić information content (AvgIpc) is 2.86. The SMILES string of the molecule is CC(C)NC(=O)N(C)C[C@@H]1Oc2c(NC(=O)C3CCCCC3)cccc2C(=O)N([C@H](C)CO)C[C@H]1C. The van der Waals surface area contributed by atoms with Gasteiger partial charge >= 0.3 is 6.03 Å². The summed E-state index contributed by atoms with van der Waals surface area (Å²) in [5.74, 6) is -0.190. The van der Waals surface area contributed by atoms with Gasteiger partial charge in [0.15, 0.2) is 5.75 Å². The van der Waals surface area contributed by atoms with E-state index in [1.54, 1.807) is 42.0 Å². The zero-order valence-electron chi connectivity index (χ0n) is 22.3. The fourth-order valence-corrected chi connectivity index (χ4v) is 4.87. The highest BCUT2D eigenvalue weighted by molar-refractivity contribution is 6.02. The predicted octanol–water partition coefficient (Wildman–Crippen LogP) is 3.48. The Morgan fingerprint density at radius 1 is 1.19 bits per heavy atom. The van der Waals surface area contributed by atoms with Crippen molar-refractivity contribution in [3.8, 4) is 5.75 Å². The lowest BCUT2D eigenvalue weighted by Crippen LogP contribution is -2.51. The number of urea groups is 1. The Balaban J connectivity index is 1.95. The van der Waals surface area contributed by atoms with Crippen LogP contribution in [0.1, 0.15) is 70.2 Å². The third-order valence-corrected chi connectivity index (χ3v) is 7.14. The summed E-state index contributed by atoms with van der Waals surface area (Å²) in [6.45, 7) is 8.06. The first kappa shape index (κ1) is 27.8. The molecule has 9 heteroatoms. The Labute approximate surface area is 214 Å². The molecular formula is C27H42N4O5. The molecule has 1 saturated carbocycles. The van der Waals surface area contributed by atoms with Crippen LogP contribution in [0.15, 0.2) is 18.2 Å². The van der Waals surface area contributed by atoms with Crippen molar-refractivity contribution in [1.82, 2.24) is 15.1 Å². The summed E-state index contributed by atoms with van der Waals surface area (Å²) in [7, 11) is 1.71. The Hall–Kier alpha value is -2.81. The van der Waals surface area contributed by atoms with Gasteiger partial charge in [-0.05, 0) is 45.7 Å². The van der Waals surface area contributed by atoms with E-state index in [1.165, 1.54) is 0 Å². The summed E-state index contributed by atoms with van der Waals surface area (Å²) in [6.07, 6.45) is 4.51. The number of nitrogens with zero attached hydrogens (tertiary/aromatic N) is 2. The molecule has 2 aliphatic rings. The average molecular weight is 503 g/mol. The Morgan fingerprint density at radius 2 is 1.89 bits per heavy atom. The van der Waals surface area contributed by atoms with E-state index in [0.717, 1.165) is 32.1 Å². The van der Waals surface area contributed by atoms with E-state index in [4.69, 9.17) is 4.74 Å². The first-order valence-electron chi connectivity index (χ1n) is 13.2. The topological polar surface area (TPSA) is 111 Å². The van der Waals surface area contributed by atoms with Crippen LogP contribution < -0.4 is 15.4 Å². The normalized spacial score (nSPS) is 21.6. The minimum Gasteiger partial charge on any atom is -0.485 e. The molecule has 36 heavy (non-hydrogen) atoms. The van der Waals surface area contributed by atoms with E-state index in [2.05, 4.69) is 10.6 Å². The smallest absolute Gasteiger partial charge is 0.317 e. The van der Waals surface area contributed by atoms with E-state index >= 15 is 0 Å². The number of ether oxygens (including phenoxy) is 1. The number of para-hydroxylation sites is 1. The minimum absolute atomic E-state index is 0.00327. The van der Waals surface area contributed by atoms with Gasteiger partial charge in [0.25, 0.3) is 5.91 Å². The van der Waals surface area contributed by atoms with Gasteiger partial charge in [0.1, 0.15) is 6.10 Å². The maximum Gasteiger partial charge on any atom is 0.317 e. The summed E-state index contributed by atoms with van der Waals surface area (Å²) in [6, 6.07) is 4.57. The van der Waals surface area contributed by atoms with Crippen LogP contribution in [0.4, 0.5) is 10.5 Å². The number of aliphatic hydroxyl groups is 1. The van der Waals surface area contributed by atoms with Crippen LogP contribution in [0.25, 0.3) is 0 Å². The summed E-state index contributed by atoms with van der Waals surface area (Å²) in [5.41, 5.74) is 0.796. The van der Waals surface area contributed by atoms with Crippen molar-refractivity contribution in [3.63, 3.8) is 0 Å². The van der Waals surface area contributed by atoms with Crippen molar-refractivity contribution in [1.29, 1.82) is 0 Å². The van der Waals surface area contributed by atoms with E-state index < -0.39 is 12.1 Å². The Bertz CT molecular complexity index is 931. The van der Waals surface area contributed by atoms with Gasteiger partial charge in [0, 0.05) is 31.5 Å². The number of carbonyl (C=O) groups is 3. The standard InChI is InChI=1S/C27H42N4O5/c1-17(2)28-27(35)30(5)15-23-18(3)14-31(19(4)16-32)26(34)21-12-9-13-22(24(21)36-23)29-25(33)20-10-7-6-8-11-20/h9,12-13,17-20,23,32H,6-8,10-11,14-16H2,1-5H3,(H,28,35)(H,29,33)/t18-,19-,23+/m1/s1. The van der Waals surface area contributed by atoms with Crippen LogP contribution in [-0.4, -0.2) is 77.7 Å². The van der Waals surface area contributed by atoms with Gasteiger partial charge in [-0.15, -0.1) is 0 Å².